The smallest absolute Gasteiger partial charge is 0.373 e. The minimum atomic E-state index is -0.547. The van der Waals surface area contributed by atoms with Crippen LogP contribution >= 0.6 is 0 Å². The van der Waals surface area contributed by atoms with Gasteiger partial charge in [-0.15, -0.1) is 0 Å². The molecule has 0 saturated carbocycles. The normalized spacial score (nSPS) is 29.7. The highest BCUT2D eigenvalue weighted by atomic mass is 16.7. The average molecular weight is 349 g/mol. The first-order valence-corrected chi connectivity index (χ1v) is 7.82. The van der Waals surface area contributed by atoms with Crippen LogP contribution in [-0.2, 0) is 35.1 Å². The number of fused-ring (bicyclic) bond motifs is 2. The number of ether oxygens (including phenoxy) is 4. The van der Waals surface area contributed by atoms with Gasteiger partial charge in [-0.2, -0.15) is 9.59 Å². The summed E-state index contributed by atoms with van der Waals surface area (Å²) in [6.45, 7) is 3.28. The van der Waals surface area contributed by atoms with Crippen molar-refractivity contribution in [3.63, 3.8) is 0 Å². The number of benzene rings is 1. The van der Waals surface area contributed by atoms with E-state index in [2.05, 4.69) is 10.0 Å². The van der Waals surface area contributed by atoms with Crippen molar-refractivity contribution in [3.05, 3.63) is 46.3 Å². The minimum absolute atomic E-state index is 0.199. The number of nitrogens with zero attached hydrogens (tertiary/aromatic N) is 3. The average Bonchev–Trinajstić information content (AvgIpc) is 3.05. The van der Waals surface area contributed by atoms with Gasteiger partial charge in [-0.05, 0) is 18.0 Å². The molecule has 0 aliphatic carbocycles. The van der Waals surface area contributed by atoms with Crippen LogP contribution in [0.1, 0.15) is 12.5 Å². The molecular weight excluding hydrogens is 330 g/mol. The van der Waals surface area contributed by atoms with Crippen LogP contribution in [0, 0.1) is 0 Å². The van der Waals surface area contributed by atoms with E-state index in [-0.39, 0.29) is 24.5 Å². The molecule has 0 aromatic heterocycles. The topological polar surface area (TPSA) is 120 Å². The molecule has 2 aliphatic heterocycles. The van der Waals surface area contributed by atoms with Gasteiger partial charge in [-0.1, -0.05) is 35.4 Å². The summed E-state index contributed by atoms with van der Waals surface area (Å²) in [5, 5.41) is 3.79. The van der Waals surface area contributed by atoms with E-state index in [0.717, 1.165) is 5.56 Å². The Kier molecular flexibility index (Phi) is 7.56. The molecule has 2 bridgehead atoms. The van der Waals surface area contributed by atoms with Crippen molar-refractivity contribution in [1.82, 2.24) is 0 Å². The number of hydrogen-bond acceptors (Lipinski definition) is 7. The molecule has 2 fully saturated rings. The lowest BCUT2D eigenvalue weighted by atomic mass is 9.99. The molecule has 0 N–H and O–H groups in total. The third kappa shape index (κ3) is 4.87. The van der Waals surface area contributed by atoms with Crippen molar-refractivity contribution in [1.29, 1.82) is 0 Å². The zero-order chi connectivity index (χ0) is 18.1. The van der Waals surface area contributed by atoms with Gasteiger partial charge in [0.05, 0.1) is 19.3 Å². The SMILES string of the molecule is CCO[C@H]1C(N=[N+]=[N-])[C@@H]2OCC(O2)[C@H]1OCc1ccccc1.O=C=O. The molecule has 2 heterocycles. The predicted octanol–water partition coefficient (Wildman–Crippen LogP) is 1.83. The molecule has 134 valence electrons. The molecule has 0 spiro atoms. The molecule has 2 aliphatic rings. The standard InChI is InChI=1S/C15H19N3O4.CO2/c1-2-19-14-12(17-18-16)15-21-9-11(22-15)13(14)20-8-10-6-4-3-5-7-10;2-1-3/h3-7,11-15H,2,8-9H2,1H3;/t11?,12?,13-,14+,15-;/m1./s1. The molecule has 1 aromatic rings. The Morgan fingerprint density at radius 2 is 2.00 bits per heavy atom. The first-order valence-electron chi connectivity index (χ1n) is 7.82. The number of hydrogen-bond donors (Lipinski definition) is 0. The molecule has 9 heteroatoms. The fourth-order valence-corrected chi connectivity index (χ4v) is 2.89. The monoisotopic (exact) mass is 349 g/mol. The molecule has 2 saturated heterocycles. The van der Waals surface area contributed by atoms with Crippen LogP contribution < -0.4 is 0 Å². The summed E-state index contributed by atoms with van der Waals surface area (Å²) in [4.78, 5) is 19.1. The third-order valence-corrected chi connectivity index (χ3v) is 3.87. The molecule has 1 aromatic carbocycles. The molecule has 0 amide bonds. The Morgan fingerprint density at radius 3 is 2.64 bits per heavy atom. The Balaban J connectivity index is 0.000000701. The van der Waals surface area contributed by atoms with E-state index in [4.69, 9.17) is 34.1 Å². The summed E-state index contributed by atoms with van der Waals surface area (Å²) in [6.07, 6.45) is -1.19. The third-order valence-electron chi connectivity index (χ3n) is 3.87. The molecule has 9 nitrogen and oxygen atoms in total. The van der Waals surface area contributed by atoms with Gasteiger partial charge in [-0.25, -0.2) is 0 Å². The van der Waals surface area contributed by atoms with E-state index in [0.29, 0.717) is 19.8 Å². The molecule has 5 atom stereocenters. The van der Waals surface area contributed by atoms with Crippen molar-refractivity contribution >= 4 is 6.15 Å². The van der Waals surface area contributed by atoms with Crippen LogP contribution in [0.5, 0.6) is 0 Å². The van der Waals surface area contributed by atoms with Crippen molar-refractivity contribution in [2.24, 2.45) is 5.11 Å². The van der Waals surface area contributed by atoms with Gasteiger partial charge in [-0.3, -0.25) is 0 Å². The summed E-state index contributed by atoms with van der Waals surface area (Å²) in [6, 6.07) is 9.35. The van der Waals surface area contributed by atoms with Crippen molar-refractivity contribution in [2.75, 3.05) is 13.2 Å². The molecular formula is C16H19N3O6. The number of carbonyl (C=O) groups excluding carboxylic acids is 2. The second kappa shape index (κ2) is 9.90. The highest BCUT2D eigenvalue weighted by molar-refractivity contribution is 5.20. The molecule has 0 radical (unpaired) electrons. The summed E-state index contributed by atoms with van der Waals surface area (Å²) >= 11 is 0. The minimum Gasteiger partial charge on any atom is -0.375 e. The molecule has 25 heavy (non-hydrogen) atoms. The maximum atomic E-state index is 8.78. The lowest BCUT2D eigenvalue weighted by Crippen LogP contribution is -2.55. The maximum absolute atomic E-state index is 8.78. The van der Waals surface area contributed by atoms with E-state index < -0.39 is 12.3 Å². The Morgan fingerprint density at radius 1 is 1.28 bits per heavy atom. The Hall–Kier alpha value is -2.25. The van der Waals surface area contributed by atoms with Crippen LogP contribution in [0.25, 0.3) is 10.4 Å². The van der Waals surface area contributed by atoms with Gasteiger partial charge in [0, 0.05) is 11.5 Å². The van der Waals surface area contributed by atoms with Crippen LogP contribution in [0.15, 0.2) is 35.4 Å². The zero-order valence-corrected chi connectivity index (χ0v) is 13.7. The van der Waals surface area contributed by atoms with E-state index in [9.17, 15) is 0 Å². The van der Waals surface area contributed by atoms with Crippen LogP contribution in [0.2, 0.25) is 0 Å². The van der Waals surface area contributed by atoms with Crippen LogP contribution in [0.3, 0.4) is 0 Å². The number of rotatable bonds is 6. The summed E-state index contributed by atoms with van der Waals surface area (Å²) in [5.41, 5.74) is 9.85. The summed E-state index contributed by atoms with van der Waals surface area (Å²) < 4.78 is 23.1. The second-order valence-electron chi connectivity index (χ2n) is 5.34. The van der Waals surface area contributed by atoms with E-state index in [1.165, 1.54) is 0 Å². The Labute approximate surface area is 144 Å². The fraction of sp³-hybridized carbons (Fsp3) is 0.562. The first-order chi connectivity index (χ1) is 12.2. The Bertz CT molecular complexity index is 616. The first kappa shape index (κ1) is 19.1. The van der Waals surface area contributed by atoms with Gasteiger partial charge in [0.1, 0.15) is 18.2 Å². The summed E-state index contributed by atoms with van der Waals surface area (Å²) in [7, 11) is 0. The van der Waals surface area contributed by atoms with Gasteiger partial charge in [0.15, 0.2) is 6.29 Å². The maximum Gasteiger partial charge on any atom is 0.373 e. The van der Waals surface area contributed by atoms with E-state index in [1.54, 1.807) is 0 Å². The second-order valence-corrected chi connectivity index (χ2v) is 5.34. The van der Waals surface area contributed by atoms with Crippen LogP contribution in [-0.4, -0.2) is 50.0 Å². The highest BCUT2D eigenvalue weighted by Gasteiger charge is 2.51. The quantitative estimate of drug-likeness (QED) is 0.439. The zero-order valence-electron chi connectivity index (χ0n) is 13.7. The van der Waals surface area contributed by atoms with Crippen molar-refractivity contribution in [3.8, 4) is 0 Å². The van der Waals surface area contributed by atoms with Crippen molar-refractivity contribution < 1.29 is 28.5 Å². The summed E-state index contributed by atoms with van der Waals surface area (Å²) in [5.74, 6) is 0. The molecule has 3 rings (SSSR count). The van der Waals surface area contributed by atoms with E-state index in [1.807, 2.05) is 37.3 Å². The van der Waals surface area contributed by atoms with Gasteiger partial charge in [0.25, 0.3) is 0 Å². The van der Waals surface area contributed by atoms with Gasteiger partial charge >= 0.3 is 6.15 Å². The van der Waals surface area contributed by atoms with Gasteiger partial charge in [0.2, 0.25) is 0 Å². The largest absolute Gasteiger partial charge is 0.375 e. The predicted molar refractivity (Wildman–Crippen MR) is 83.0 cm³/mol. The van der Waals surface area contributed by atoms with Crippen molar-refractivity contribution in [2.45, 2.75) is 44.2 Å². The number of azide groups is 1. The lowest BCUT2D eigenvalue weighted by Gasteiger charge is -2.38. The van der Waals surface area contributed by atoms with Gasteiger partial charge < -0.3 is 18.9 Å². The highest BCUT2D eigenvalue weighted by Crippen LogP contribution is 2.34. The fourth-order valence-electron chi connectivity index (χ4n) is 2.89. The lowest BCUT2D eigenvalue weighted by molar-refractivity contribution is -0.207. The van der Waals surface area contributed by atoms with Crippen LogP contribution in [0.4, 0.5) is 0 Å². The van der Waals surface area contributed by atoms with E-state index >= 15 is 0 Å². The molecule has 2 unspecified atom stereocenters.